The van der Waals surface area contributed by atoms with Gasteiger partial charge in [-0.3, -0.25) is 9.59 Å². The number of aromatic amines is 1. The molecule has 1 aliphatic heterocycles. The Labute approximate surface area is 199 Å². The summed E-state index contributed by atoms with van der Waals surface area (Å²) in [7, 11) is 0. The van der Waals surface area contributed by atoms with E-state index in [0.29, 0.717) is 18.4 Å². The van der Waals surface area contributed by atoms with Gasteiger partial charge in [-0.25, -0.2) is 4.98 Å². The normalized spacial score (nSPS) is 15.4. The Bertz CT molecular complexity index is 1150. The average Bonchev–Trinajstić information content (AvgIpc) is 3.29. The Morgan fingerprint density at radius 2 is 1.94 bits per heavy atom. The average molecular weight is 463 g/mol. The van der Waals surface area contributed by atoms with Crippen LogP contribution in [0.4, 0.5) is 0 Å². The number of aryl methyl sites for hydroxylation is 1. The molecular weight excluding hydrogens is 430 g/mol. The van der Waals surface area contributed by atoms with Crippen LogP contribution in [0.5, 0.6) is 0 Å². The molecule has 1 fully saturated rings. The zero-order valence-electron chi connectivity index (χ0n) is 19.5. The van der Waals surface area contributed by atoms with Gasteiger partial charge in [-0.1, -0.05) is 29.8 Å². The molecule has 0 bridgehead atoms. The molecule has 1 saturated heterocycles. The minimum atomic E-state index is -0.661. The summed E-state index contributed by atoms with van der Waals surface area (Å²) in [6, 6.07) is 13.1. The van der Waals surface area contributed by atoms with Crippen molar-refractivity contribution in [2.45, 2.75) is 51.2 Å². The van der Waals surface area contributed by atoms with Gasteiger partial charge in [0.15, 0.2) is 0 Å². The number of amides is 2. The number of likely N-dealkylation sites (tertiary alicyclic amines) is 1. The molecule has 3 aromatic rings. The lowest BCUT2D eigenvalue weighted by Gasteiger charge is -2.30. The van der Waals surface area contributed by atoms with Crippen molar-refractivity contribution in [2.75, 3.05) is 19.6 Å². The fraction of sp³-hybridized carbons (Fsp3) is 0.423. The van der Waals surface area contributed by atoms with Gasteiger partial charge < -0.3 is 26.0 Å². The second kappa shape index (κ2) is 10.8. The number of H-pyrrole nitrogens is 1. The lowest BCUT2D eigenvalue weighted by Crippen LogP contribution is -2.36. The van der Waals surface area contributed by atoms with Gasteiger partial charge in [-0.2, -0.15) is 0 Å². The third-order valence-electron chi connectivity index (χ3n) is 6.64. The molecule has 8 nitrogen and oxygen atoms in total. The first-order chi connectivity index (χ1) is 16.4. The van der Waals surface area contributed by atoms with Crippen LogP contribution in [0.2, 0.25) is 0 Å². The second-order valence-electron chi connectivity index (χ2n) is 8.98. The van der Waals surface area contributed by atoms with Crippen LogP contribution in [0.1, 0.15) is 59.4 Å². The summed E-state index contributed by atoms with van der Waals surface area (Å²) >= 11 is 0. The summed E-state index contributed by atoms with van der Waals surface area (Å²) in [6.45, 7) is 3.47. The van der Waals surface area contributed by atoms with E-state index in [9.17, 15) is 14.7 Å². The summed E-state index contributed by atoms with van der Waals surface area (Å²) in [5.41, 5.74) is 11.8. The number of aliphatic hydroxyl groups excluding tert-OH is 1. The molecule has 1 aliphatic rings. The van der Waals surface area contributed by atoms with E-state index >= 15 is 0 Å². The molecule has 0 unspecified atom stereocenters. The van der Waals surface area contributed by atoms with Crippen molar-refractivity contribution >= 4 is 22.8 Å². The topological polar surface area (TPSA) is 122 Å². The molecule has 2 aromatic carbocycles. The fourth-order valence-electron chi connectivity index (χ4n) is 4.54. The number of piperidine rings is 1. The van der Waals surface area contributed by atoms with Gasteiger partial charge in [0.2, 0.25) is 5.91 Å². The van der Waals surface area contributed by atoms with Crippen LogP contribution in [-0.4, -0.2) is 57.5 Å². The van der Waals surface area contributed by atoms with Crippen LogP contribution >= 0.6 is 0 Å². The van der Waals surface area contributed by atoms with Crippen LogP contribution in [0.15, 0.2) is 42.5 Å². The van der Waals surface area contributed by atoms with E-state index in [2.05, 4.69) is 10.3 Å². The Kier molecular flexibility index (Phi) is 7.59. The summed E-state index contributed by atoms with van der Waals surface area (Å²) in [6.07, 6.45) is 2.27. The molecule has 0 aliphatic carbocycles. The molecule has 4 N–H and O–H groups in total. The monoisotopic (exact) mass is 462 g/mol. The molecule has 0 radical (unpaired) electrons. The molecule has 1 aromatic heterocycles. The van der Waals surface area contributed by atoms with Crippen molar-refractivity contribution in [3.8, 4) is 0 Å². The summed E-state index contributed by atoms with van der Waals surface area (Å²) in [5.74, 6) is 1.05. The zero-order valence-corrected chi connectivity index (χ0v) is 19.5. The number of hydrogen-bond donors (Lipinski definition) is 3. The number of imidazole rings is 1. The van der Waals surface area contributed by atoms with E-state index in [1.807, 2.05) is 35.2 Å². The predicted octanol–water partition coefficient (Wildman–Crippen LogP) is 3.56. The van der Waals surface area contributed by atoms with E-state index in [4.69, 9.17) is 10.7 Å². The highest BCUT2D eigenvalue weighted by Gasteiger charge is 2.24. The highest BCUT2D eigenvalue weighted by Crippen LogP contribution is 2.28. The first-order valence-corrected chi connectivity index (χ1v) is 11.9. The number of carbonyl (C=O) groups excluding carboxylic acids is 2. The zero-order chi connectivity index (χ0) is 24.1. The van der Waals surface area contributed by atoms with Crippen molar-refractivity contribution in [1.82, 2.24) is 20.2 Å². The Morgan fingerprint density at radius 3 is 2.65 bits per heavy atom. The Morgan fingerprint density at radius 1 is 1.21 bits per heavy atom. The maximum atomic E-state index is 12.7. The Hall–Kier alpha value is -3.23. The van der Waals surface area contributed by atoms with Gasteiger partial charge in [0, 0.05) is 38.0 Å². The SMILES string of the molecule is CC(=O)N1CCC(c2nc3ccc(C(=O)NC[C@@H](O)CCc4ccccc4C[NH-])cc3[nH]2)CC1. The molecule has 2 heterocycles. The van der Waals surface area contributed by atoms with E-state index in [1.54, 1.807) is 19.1 Å². The van der Waals surface area contributed by atoms with Gasteiger partial charge in [0.1, 0.15) is 5.82 Å². The number of rotatable bonds is 8. The van der Waals surface area contributed by atoms with Crippen molar-refractivity contribution in [2.24, 2.45) is 0 Å². The van der Waals surface area contributed by atoms with Crippen molar-refractivity contribution in [3.63, 3.8) is 0 Å². The van der Waals surface area contributed by atoms with E-state index < -0.39 is 6.10 Å². The molecule has 34 heavy (non-hydrogen) atoms. The maximum absolute atomic E-state index is 12.7. The van der Waals surface area contributed by atoms with E-state index in [1.165, 1.54) is 0 Å². The highest BCUT2D eigenvalue weighted by atomic mass is 16.3. The van der Waals surface area contributed by atoms with Crippen molar-refractivity contribution < 1.29 is 14.7 Å². The molecule has 1 atom stereocenters. The molecule has 8 heteroatoms. The molecule has 0 saturated carbocycles. The molecule has 4 rings (SSSR count). The first kappa shape index (κ1) is 23.9. The fourth-order valence-corrected chi connectivity index (χ4v) is 4.54. The van der Waals surface area contributed by atoms with E-state index in [0.717, 1.165) is 53.9 Å². The quantitative estimate of drug-likeness (QED) is 0.474. The van der Waals surface area contributed by atoms with Crippen molar-refractivity contribution in [1.29, 1.82) is 0 Å². The molecule has 2 amide bonds. The van der Waals surface area contributed by atoms with E-state index in [-0.39, 0.29) is 30.8 Å². The maximum Gasteiger partial charge on any atom is 0.251 e. The number of aromatic nitrogens is 2. The number of nitrogens with one attached hydrogen (secondary N) is 3. The molecular formula is C26H32N5O3-. The van der Waals surface area contributed by atoms with Crippen LogP contribution in [-0.2, 0) is 17.8 Å². The summed E-state index contributed by atoms with van der Waals surface area (Å²) in [4.78, 5) is 34.1. The largest absolute Gasteiger partial charge is 0.674 e. The third kappa shape index (κ3) is 5.63. The summed E-state index contributed by atoms with van der Waals surface area (Å²) < 4.78 is 0. The lowest BCUT2D eigenvalue weighted by atomic mass is 9.96. The number of nitrogens with zero attached hydrogens (tertiary/aromatic N) is 2. The first-order valence-electron chi connectivity index (χ1n) is 11.9. The van der Waals surface area contributed by atoms with Crippen LogP contribution in [0.3, 0.4) is 0 Å². The van der Waals surface area contributed by atoms with Gasteiger partial charge in [0.05, 0.1) is 17.1 Å². The number of benzene rings is 2. The number of hydrogen-bond acceptors (Lipinski definition) is 4. The molecule has 180 valence electrons. The smallest absolute Gasteiger partial charge is 0.251 e. The molecule has 0 spiro atoms. The third-order valence-corrected chi connectivity index (χ3v) is 6.64. The second-order valence-corrected chi connectivity index (χ2v) is 8.98. The van der Waals surface area contributed by atoms with Gasteiger partial charge in [-0.05, 0) is 49.4 Å². The van der Waals surface area contributed by atoms with Gasteiger partial charge in [-0.15, -0.1) is 6.54 Å². The predicted molar refractivity (Wildman–Crippen MR) is 131 cm³/mol. The van der Waals surface area contributed by atoms with Crippen molar-refractivity contribution in [3.05, 3.63) is 70.7 Å². The minimum Gasteiger partial charge on any atom is -0.674 e. The Balaban J connectivity index is 1.31. The van der Waals surface area contributed by atoms with Gasteiger partial charge >= 0.3 is 0 Å². The standard InChI is InChI=1S/C26H32N5O3/c1-17(32)31-12-10-19(11-13-31)25-29-23-9-7-20(14-24(23)30-25)26(34)28-16-22(33)8-6-18-4-2-3-5-21(18)15-27/h2-5,7,9,14,19,22,27,33H,6,8,10-13,15-16H2,1H3,(H,28,34)(H,29,30)/q-1/t22-/m0/s1. The summed E-state index contributed by atoms with van der Waals surface area (Å²) in [5, 5.41) is 13.2. The minimum absolute atomic E-state index is 0.113. The van der Waals surface area contributed by atoms with Gasteiger partial charge in [0.25, 0.3) is 5.91 Å². The lowest BCUT2D eigenvalue weighted by molar-refractivity contribution is -0.129. The van der Waals surface area contributed by atoms with Crippen LogP contribution in [0.25, 0.3) is 16.8 Å². The van der Waals surface area contributed by atoms with Crippen LogP contribution in [0, 0.1) is 0 Å². The number of fused-ring (bicyclic) bond motifs is 1. The van der Waals surface area contributed by atoms with Crippen LogP contribution < -0.4 is 5.32 Å². The highest BCUT2D eigenvalue weighted by molar-refractivity contribution is 5.97. The number of aliphatic hydroxyl groups is 1. The number of carbonyl (C=O) groups is 2.